The fourth-order valence-corrected chi connectivity index (χ4v) is 2.86. The molecule has 0 spiro atoms. The lowest BCUT2D eigenvalue weighted by Crippen LogP contribution is -2.29. The van der Waals surface area contributed by atoms with Crippen LogP contribution in [0.25, 0.3) is 5.65 Å². The monoisotopic (exact) mass is 329 g/mol. The average molecular weight is 329 g/mol. The van der Waals surface area contributed by atoms with Crippen LogP contribution in [0.3, 0.4) is 0 Å². The predicted octanol–water partition coefficient (Wildman–Crippen LogP) is 2.48. The molecule has 1 aliphatic carbocycles. The molecular weight excluding hydrogens is 311 g/mol. The van der Waals surface area contributed by atoms with Gasteiger partial charge in [-0.25, -0.2) is 0 Å². The third-order valence-corrected chi connectivity index (χ3v) is 4.38. The summed E-state index contributed by atoms with van der Waals surface area (Å²) < 4.78 is 39.8. The topological polar surface area (TPSA) is 75.3 Å². The van der Waals surface area contributed by atoms with E-state index >= 15 is 0 Å². The van der Waals surface area contributed by atoms with Gasteiger partial charge >= 0.3 is 6.18 Å². The molecule has 0 aromatic carbocycles. The van der Waals surface area contributed by atoms with Gasteiger partial charge in [0.1, 0.15) is 0 Å². The number of aliphatic hydroxyl groups is 1. The van der Waals surface area contributed by atoms with Crippen LogP contribution < -0.4 is 5.32 Å². The molecule has 1 fully saturated rings. The molecule has 0 saturated heterocycles. The van der Waals surface area contributed by atoms with Crippen molar-refractivity contribution in [2.45, 2.75) is 57.9 Å². The number of alkyl halides is 3. The highest BCUT2D eigenvalue weighted by Gasteiger charge is 2.38. The van der Waals surface area contributed by atoms with E-state index in [4.69, 9.17) is 0 Å². The average Bonchev–Trinajstić information content (AvgIpc) is 2.91. The van der Waals surface area contributed by atoms with Crippen molar-refractivity contribution in [3.05, 3.63) is 17.0 Å². The maximum Gasteiger partial charge on any atom is 0.453 e. The second kappa shape index (κ2) is 5.63. The number of rotatable bonds is 2. The fraction of sp³-hybridized carbons (Fsp3) is 0.643. The second-order valence-corrected chi connectivity index (χ2v) is 6.01. The minimum Gasteiger partial charge on any atom is -0.393 e. The second-order valence-electron chi connectivity index (χ2n) is 6.01. The Labute approximate surface area is 130 Å². The lowest BCUT2D eigenvalue weighted by atomic mass is 9.93. The van der Waals surface area contributed by atoms with Gasteiger partial charge in [-0.15, -0.1) is 15.3 Å². The highest BCUT2D eigenvalue weighted by molar-refractivity contribution is 5.58. The highest BCUT2D eigenvalue weighted by atomic mass is 19.4. The van der Waals surface area contributed by atoms with Crippen LogP contribution in [-0.4, -0.2) is 37.1 Å². The summed E-state index contributed by atoms with van der Waals surface area (Å²) >= 11 is 0. The van der Waals surface area contributed by atoms with Crippen molar-refractivity contribution in [1.29, 1.82) is 0 Å². The number of nitrogens with zero attached hydrogens (tertiary/aromatic N) is 4. The van der Waals surface area contributed by atoms with Crippen molar-refractivity contribution in [2.75, 3.05) is 5.32 Å². The van der Waals surface area contributed by atoms with E-state index in [9.17, 15) is 18.3 Å². The van der Waals surface area contributed by atoms with Gasteiger partial charge in [-0.05, 0) is 45.1 Å². The Morgan fingerprint density at radius 2 is 1.74 bits per heavy atom. The SMILES string of the molecule is Cc1c(NC2CCC(O)CC2)nn2c(C(F)(F)F)nnc2c1C. The number of hydrogen-bond donors (Lipinski definition) is 2. The molecule has 0 bridgehead atoms. The summed E-state index contributed by atoms with van der Waals surface area (Å²) in [6.45, 7) is 3.50. The van der Waals surface area contributed by atoms with E-state index in [1.807, 2.05) is 0 Å². The van der Waals surface area contributed by atoms with Crippen molar-refractivity contribution in [1.82, 2.24) is 19.8 Å². The van der Waals surface area contributed by atoms with Gasteiger partial charge in [0.15, 0.2) is 11.5 Å². The smallest absolute Gasteiger partial charge is 0.393 e. The number of aliphatic hydroxyl groups excluding tert-OH is 1. The molecule has 1 saturated carbocycles. The molecule has 0 unspecified atom stereocenters. The fourth-order valence-electron chi connectivity index (χ4n) is 2.86. The number of halogens is 3. The van der Waals surface area contributed by atoms with Crippen LogP contribution in [-0.2, 0) is 6.18 Å². The van der Waals surface area contributed by atoms with Gasteiger partial charge in [0.2, 0.25) is 0 Å². The van der Waals surface area contributed by atoms with Crippen molar-refractivity contribution in [2.24, 2.45) is 0 Å². The van der Waals surface area contributed by atoms with E-state index in [-0.39, 0.29) is 17.8 Å². The molecule has 2 aromatic rings. The van der Waals surface area contributed by atoms with Crippen LogP contribution in [0.4, 0.5) is 19.0 Å². The number of fused-ring (bicyclic) bond motifs is 1. The molecule has 2 N–H and O–H groups in total. The van der Waals surface area contributed by atoms with Crippen molar-refractivity contribution < 1.29 is 18.3 Å². The summed E-state index contributed by atoms with van der Waals surface area (Å²) in [7, 11) is 0. The zero-order valence-corrected chi connectivity index (χ0v) is 12.9. The molecule has 3 rings (SSSR count). The first kappa shape index (κ1) is 16.0. The van der Waals surface area contributed by atoms with Gasteiger partial charge < -0.3 is 10.4 Å². The molecule has 1 aliphatic rings. The summed E-state index contributed by atoms with van der Waals surface area (Å²) in [5.41, 5.74) is 1.48. The summed E-state index contributed by atoms with van der Waals surface area (Å²) in [4.78, 5) is 0. The molecule has 2 aromatic heterocycles. The summed E-state index contributed by atoms with van der Waals surface area (Å²) in [5.74, 6) is -0.723. The maximum atomic E-state index is 13.0. The van der Waals surface area contributed by atoms with E-state index in [0.717, 1.165) is 22.9 Å². The van der Waals surface area contributed by atoms with Crippen molar-refractivity contribution in [3.63, 3.8) is 0 Å². The molecule has 6 nitrogen and oxygen atoms in total. The molecule has 0 atom stereocenters. The molecule has 126 valence electrons. The number of hydrogen-bond acceptors (Lipinski definition) is 5. The number of anilines is 1. The summed E-state index contributed by atoms with van der Waals surface area (Å²) in [6.07, 6.45) is -2.03. The summed E-state index contributed by atoms with van der Waals surface area (Å²) in [5, 5.41) is 23.7. The Morgan fingerprint density at radius 1 is 1.09 bits per heavy atom. The first-order valence-corrected chi connectivity index (χ1v) is 7.51. The molecule has 9 heteroatoms. The Morgan fingerprint density at radius 3 is 2.35 bits per heavy atom. The lowest BCUT2D eigenvalue weighted by Gasteiger charge is -2.27. The van der Waals surface area contributed by atoms with Gasteiger partial charge in [-0.3, -0.25) is 0 Å². The Kier molecular flexibility index (Phi) is 3.91. The van der Waals surface area contributed by atoms with E-state index in [0.29, 0.717) is 24.2 Å². The van der Waals surface area contributed by atoms with Gasteiger partial charge in [0, 0.05) is 11.6 Å². The third kappa shape index (κ3) is 2.97. The molecule has 0 aliphatic heterocycles. The zero-order valence-electron chi connectivity index (χ0n) is 12.9. The summed E-state index contributed by atoms with van der Waals surface area (Å²) in [6, 6.07) is 0.0901. The number of aromatic nitrogens is 4. The lowest BCUT2D eigenvalue weighted by molar-refractivity contribution is -0.146. The van der Waals surface area contributed by atoms with E-state index in [2.05, 4.69) is 20.6 Å². The minimum absolute atomic E-state index is 0.0901. The van der Waals surface area contributed by atoms with Gasteiger partial charge in [0.25, 0.3) is 5.82 Å². The minimum atomic E-state index is -4.61. The first-order chi connectivity index (χ1) is 10.8. The Hall–Kier alpha value is -1.90. The molecule has 0 amide bonds. The molecular formula is C14H18F3N5O. The molecule has 2 heterocycles. The van der Waals surface area contributed by atoms with Gasteiger partial charge in [-0.2, -0.15) is 17.7 Å². The standard InChI is InChI=1S/C14H18F3N5O/c1-7-8(2)12-19-20-13(14(15,16)17)22(12)21-11(7)18-9-3-5-10(23)6-4-9/h9-10,23H,3-6H2,1-2H3,(H,18,21). The van der Waals surface area contributed by atoms with Crippen LogP contribution in [0.5, 0.6) is 0 Å². The van der Waals surface area contributed by atoms with Crippen LogP contribution >= 0.6 is 0 Å². The first-order valence-electron chi connectivity index (χ1n) is 7.51. The van der Waals surface area contributed by atoms with Gasteiger partial charge in [0.05, 0.1) is 6.10 Å². The Bertz CT molecular complexity index is 719. The van der Waals surface area contributed by atoms with Crippen LogP contribution in [0.15, 0.2) is 0 Å². The predicted molar refractivity (Wildman–Crippen MR) is 77.1 cm³/mol. The Balaban J connectivity index is 1.98. The highest BCUT2D eigenvalue weighted by Crippen LogP contribution is 2.30. The van der Waals surface area contributed by atoms with Crippen molar-refractivity contribution >= 4 is 11.5 Å². The van der Waals surface area contributed by atoms with E-state index in [1.165, 1.54) is 0 Å². The normalized spacial score (nSPS) is 22.5. The molecule has 0 radical (unpaired) electrons. The maximum absolute atomic E-state index is 13.0. The number of aryl methyl sites for hydroxylation is 1. The van der Waals surface area contributed by atoms with Crippen molar-refractivity contribution in [3.8, 4) is 0 Å². The van der Waals surface area contributed by atoms with E-state index < -0.39 is 12.0 Å². The quantitative estimate of drug-likeness (QED) is 0.885. The third-order valence-electron chi connectivity index (χ3n) is 4.38. The zero-order chi connectivity index (χ0) is 16.8. The number of nitrogens with one attached hydrogen (secondary N) is 1. The van der Waals surface area contributed by atoms with Crippen LogP contribution in [0, 0.1) is 13.8 Å². The largest absolute Gasteiger partial charge is 0.453 e. The van der Waals surface area contributed by atoms with Crippen LogP contribution in [0.2, 0.25) is 0 Å². The molecule has 23 heavy (non-hydrogen) atoms. The van der Waals surface area contributed by atoms with Gasteiger partial charge in [-0.1, -0.05) is 0 Å². The van der Waals surface area contributed by atoms with Crippen LogP contribution in [0.1, 0.15) is 42.6 Å². The van der Waals surface area contributed by atoms with E-state index in [1.54, 1.807) is 13.8 Å².